The third kappa shape index (κ3) is 1.97. The van der Waals surface area contributed by atoms with Gasteiger partial charge in [-0.2, -0.15) is 5.10 Å². The second-order valence-corrected chi connectivity index (χ2v) is 4.99. The van der Waals surface area contributed by atoms with Gasteiger partial charge in [-0.25, -0.2) is 0 Å². The van der Waals surface area contributed by atoms with Crippen LogP contribution < -0.4 is 0 Å². The number of hydrogen-bond acceptors (Lipinski definition) is 3. The number of carbonyl (C=O) groups excluding carboxylic acids is 1. The Morgan fingerprint density at radius 2 is 2.37 bits per heavy atom. The SMILES string of the molecule is CCn1nc(C)cc1C(=O)C1CCc2cccnc21. The van der Waals surface area contributed by atoms with E-state index in [1.165, 1.54) is 5.56 Å². The maximum atomic E-state index is 12.7. The van der Waals surface area contributed by atoms with Gasteiger partial charge in [-0.1, -0.05) is 6.07 Å². The van der Waals surface area contributed by atoms with E-state index in [4.69, 9.17) is 0 Å². The Bertz CT molecular complexity index is 630. The summed E-state index contributed by atoms with van der Waals surface area (Å²) in [6.45, 7) is 4.64. The fourth-order valence-corrected chi connectivity index (χ4v) is 2.83. The molecule has 4 heteroatoms. The molecule has 0 amide bonds. The maximum absolute atomic E-state index is 12.7. The van der Waals surface area contributed by atoms with E-state index in [1.54, 1.807) is 10.9 Å². The number of Topliss-reactive ketones (excluding diaryl/α,β-unsaturated/α-hetero) is 1. The zero-order valence-corrected chi connectivity index (χ0v) is 11.3. The highest BCUT2D eigenvalue weighted by atomic mass is 16.1. The van der Waals surface area contributed by atoms with Gasteiger partial charge in [-0.15, -0.1) is 0 Å². The highest BCUT2D eigenvalue weighted by Crippen LogP contribution is 2.33. The fourth-order valence-electron chi connectivity index (χ4n) is 2.83. The summed E-state index contributed by atoms with van der Waals surface area (Å²) in [5, 5.41) is 4.35. The topological polar surface area (TPSA) is 47.8 Å². The fraction of sp³-hybridized carbons (Fsp3) is 0.400. The van der Waals surface area contributed by atoms with Gasteiger partial charge < -0.3 is 0 Å². The molecule has 0 bridgehead atoms. The zero-order valence-electron chi connectivity index (χ0n) is 11.3. The van der Waals surface area contributed by atoms with Crippen LogP contribution in [0.3, 0.4) is 0 Å². The molecule has 0 spiro atoms. The number of rotatable bonds is 3. The lowest BCUT2D eigenvalue weighted by atomic mass is 9.98. The van der Waals surface area contributed by atoms with E-state index in [1.807, 2.05) is 26.0 Å². The summed E-state index contributed by atoms with van der Waals surface area (Å²) in [6, 6.07) is 5.89. The average molecular weight is 255 g/mol. The lowest BCUT2D eigenvalue weighted by Crippen LogP contribution is -2.16. The highest BCUT2D eigenvalue weighted by molar-refractivity contribution is 6.00. The van der Waals surface area contributed by atoms with Gasteiger partial charge in [0.05, 0.1) is 17.3 Å². The molecule has 0 saturated heterocycles. The van der Waals surface area contributed by atoms with Crippen molar-refractivity contribution in [1.82, 2.24) is 14.8 Å². The summed E-state index contributed by atoms with van der Waals surface area (Å²) < 4.78 is 1.79. The number of nitrogens with zero attached hydrogens (tertiary/aromatic N) is 3. The van der Waals surface area contributed by atoms with Crippen LogP contribution in [-0.2, 0) is 13.0 Å². The molecule has 0 N–H and O–H groups in total. The monoisotopic (exact) mass is 255 g/mol. The first kappa shape index (κ1) is 12.1. The van der Waals surface area contributed by atoms with Crippen LogP contribution in [0.15, 0.2) is 24.4 Å². The van der Waals surface area contributed by atoms with Gasteiger partial charge in [-0.3, -0.25) is 14.5 Å². The van der Waals surface area contributed by atoms with Gasteiger partial charge in [0.25, 0.3) is 0 Å². The summed E-state index contributed by atoms with van der Waals surface area (Å²) >= 11 is 0. The van der Waals surface area contributed by atoms with E-state index in [0.29, 0.717) is 5.69 Å². The molecule has 2 aromatic heterocycles. The molecule has 0 aliphatic heterocycles. The van der Waals surface area contributed by atoms with Crippen LogP contribution in [-0.4, -0.2) is 20.5 Å². The first-order valence-corrected chi connectivity index (χ1v) is 6.73. The highest BCUT2D eigenvalue weighted by Gasteiger charge is 2.32. The largest absolute Gasteiger partial charge is 0.292 e. The minimum Gasteiger partial charge on any atom is -0.292 e. The predicted molar refractivity (Wildman–Crippen MR) is 72.3 cm³/mol. The molecule has 0 fully saturated rings. The summed E-state index contributed by atoms with van der Waals surface area (Å²) in [4.78, 5) is 17.1. The third-order valence-electron chi connectivity index (χ3n) is 3.73. The Kier molecular flexibility index (Phi) is 2.93. The van der Waals surface area contributed by atoms with Crippen molar-refractivity contribution >= 4 is 5.78 Å². The quantitative estimate of drug-likeness (QED) is 0.792. The number of fused-ring (bicyclic) bond motifs is 1. The van der Waals surface area contributed by atoms with Crippen LogP contribution in [0.25, 0.3) is 0 Å². The van der Waals surface area contributed by atoms with E-state index < -0.39 is 0 Å². The van der Waals surface area contributed by atoms with Crippen LogP contribution in [0.2, 0.25) is 0 Å². The van der Waals surface area contributed by atoms with Crippen LogP contribution in [0.5, 0.6) is 0 Å². The Balaban J connectivity index is 1.97. The minimum absolute atomic E-state index is 0.0994. The number of carbonyl (C=O) groups is 1. The molecule has 2 heterocycles. The lowest BCUT2D eigenvalue weighted by molar-refractivity contribution is 0.0947. The van der Waals surface area contributed by atoms with E-state index in [9.17, 15) is 4.79 Å². The molecule has 0 aromatic carbocycles. The van der Waals surface area contributed by atoms with Crippen molar-refractivity contribution in [3.63, 3.8) is 0 Å². The van der Waals surface area contributed by atoms with Crippen molar-refractivity contribution < 1.29 is 4.79 Å². The summed E-state index contributed by atoms with van der Waals surface area (Å²) in [7, 11) is 0. The first-order valence-electron chi connectivity index (χ1n) is 6.73. The number of ketones is 1. The average Bonchev–Trinajstić information content (AvgIpc) is 3.01. The molecule has 19 heavy (non-hydrogen) atoms. The predicted octanol–water partition coefficient (Wildman–Crippen LogP) is 2.52. The smallest absolute Gasteiger partial charge is 0.189 e. The molecule has 0 saturated carbocycles. The molecule has 2 aromatic rings. The molecule has 1 atom stereocenters. The second-order valence-electron chi connectivity index (χ2n) is 4.99. The summed E-state index contributed by atoms with van der Waals surface area (Å²) in [5.41, 5.74) is 3.77. The molecular weight excluding hydrogens is 238 g/mol. The number of hydrogen-bond donors (Lipinski definition) is 0. The number of aromatic nitrogens is 3. The Hall–Kier alpha value is -1.97. The van der Waals surface area contributed by atoms with Gasteiger partial charge in [0.2, 0.25) is 0 Å². The molecule has 0 radical (unpaired) electrons. The van der Waals surface area contributed by atoms with Gasteiger partial charge in [0.15, 0.2) is 5.78 Å². The third-order valence-corrected chi connectivity index (χ3v) is 3.73. The van der Waals surface area contributed by atoms with Crippen LogP contribution in [0.4, 0.5) is 0 Å². The van der Waals surface area contributed by atoms with Crippen molar-refractivity contribution in [3.05, 3.63) is 47.0 Å². The van der Waals surface area contributed by atoms with Crippen molar-refractivity contribution in [2.24, 2.45) is 0 Å². The van der Waals surface area contributed by atoms with Crippen molar-refractivity contribution in [2.75, 3.05) is 0 Å². The van der Waals surface area contributed by atoms with E-state index in [2.05, 4.69) is 16.1 Å². The van der Waals surface area contributed by atoms with Gasteiger partial charge in [0, 0.05) is 12.7 Å². The molecule has 1 aliphatic rings. The normalized spacial score (nSPS) is 17.5. The Labute approximate surface area is 112 Å². The molecule has 3 rings (SSSR count). The van der Waals surface area contributed by atoms with E-state index >= 15 is 0 Å². The van der Waals surface area contributed by atoms with Crippen molar-refractivity contribution in [3.8, 4) is 0 Å². The van der Waals surface area contributed by atoms with Crippen LogP contribution in [0.1, 0.15) is 46.7 Å². The molecular formula is C15H17N3O. The number of pyridine rings is 1. The lowest BCUT2D eigenvalue weighted by Gasteiger charge is -2.10. The Morgan fingerprint density at radius 1 is 1.53 bits per heavy atom. The summed E-state index contributed by atoms with van der Waals surface area (Å²) in [5.74, 6) is 0.0532. The van der Waals surface area contributed by atoms with Crippen LogP contribution in [0, 0.1) is 6.92 Å². The molecule has 4 nitrogen and oxygen atoms in total. The molecule has 98 valence electrons. The van der Waals surface area contributed by atoms with Crippen LogP contribution >= 0.6 is 0 Å². The Morgan fingerprint density at radius 3 is 3.16 bits per heavy atom. The first-order chi connectivity index (χ1) is 9.20. The van der Waals surface area contributed by atoms with E-state index in [0.717, 1.165) is 30.8 Å². The standard InChI is InChI=1S/C15H17N3O/c1-3-18-13(9-10(2)17-18)15(19)12-7-6-11-5-4-8-16-14(11)12/h4-5,8-9,12H,3,6-7H2,1-2H3. The second kappa shape index (κ2) is 4.61. The van der Waals surface area contributed by atoms with Gasteiger partial charge >= 0.3 is 0 Å². The molecule has 1 unspecified atom stereocenters. The van der Waals surface area contributed by atoms with Crippen molar-refractivity contribution in [2.45, 2.75) is 39.2 Å². The van der Waals surface area contributed by atoms with Gasteiger partial charge in [0.1, 0.15) is 5.69 Å². The molecule has 1 aliphatic carbocycles. The van der Waals surface area contributed by atoms with Crippen molar-refractivity contribution in [1.29, 1.82) is 0 Å². The minimum atomic E-state index is -0.0994. The van der Waals surface area contributed by atoms with Gasteiger partial charge in [-0.05, 0) is 44.4 Å². The van der Waals surface area contributed by atoms with E-state index in [-0.39, 0.29) is 11.7 Å². The maximum Gasteiger partial charge on any atom is 0.189 e. The number of aryl methyl sites for hydroxylation is 3. The zero-order chi connectivity index (χ0) is 13.4. The summed E-state index contributed by atoms with van der Waals surface area (Å²) in [6.07, 6.45) is 3.57.